The minimum absolute atomic E-state index is 0.175. The van der Waals surface area contributed by atoms with Crippen LogP contribution in [0.4, 0.5) is 0 Å². The number of hydrogen-bond donors (Lipinski definition) is 0. The molecule has 1 aromatic heterocycles. The van der Waals surface area contributed by atoms with E-state index in [1.807, 2.05) is 11.8 Å². The molecule has 0 aromatic carbocycles. The monoisotopic (exact) mass is 295 g/mol. The second-order valence-electron chi connectivity index (χ2n) is 5.78. The molecule has 0 N–H and O–H groups in total. The molecule has 0 saturated carbocycles. The van der Waals surface area contributed by atoms with Gasteiger partial charge in [0.2, 0.25) is 0 Å². The van der Waals surface area contributed by atoms with Gasteiger partial charge in [0.05, 0.1) is 10.7 Å². The number of nitrogens with zero attached hydrogens (tertiary/aromatic N) is 3. The Labute approximate surface area is 125 Å². The highest BCUT2D eigenvalue weighted by Crippen LogP contribution is 2.23. The molecule has 1 aromatic rings. The number of likely N-dealkylation sites (tertiary alicyclic amines) is 1. The zero-order valence-electron chi connectivity index (χ0n) is 13.0. The number of likely N-dealkylation sites (N-methyl/N-ethyl adjacent to an activating group) is 1. The molecule has 0 spiro atoms. The van der Waals surface area contributed by atoms with Gasteiger partial charge < -0.3 is 9.80 Å². The van der Waals surface area contributed by atoms with Crippen LogP contribution in [0.5, 0.6) is 0 Å². The average Bonchev–Trinajstić information content (AvgIpc) is 2.79. The zero-order chi connectivity index (χ0) is 14.7. The Hall–Kier alpha value is -0.940. The predicted molar refractivity (Wildman–Crippen MR) is 83.5 cm³/mol. The zero-order valence-corrected chi connectivity index (χ0v) is 13.8. The molecule has 1 atom stereocenters. The van der Waals surface area contributed by atoms with Crippen LogP contribution in [0.3, 0.4) is 0 Å². The number of aryl methyl sites for hydroxylation is 2. The topological polar surface area (TPSA) is 36.4 Å². The van der Waals surface area contributed by atoms with Crippen molar-refractivity contribution in [1.82, 2.24) is 14.8 Å². The van der Waals surface area contributed by atoms with Gasteiger partial charge in [-0.15, -0.1) is 11.3 Å². The highest BCUT2D eigenvalue weighted by atomic mass is 32.1. The normalized spacial score (nSPS) is 19.6. The summed E-state index contributed by atoms with van der Waals surface area (Å²) in [6.45, 7) is 5.82. The standard InChI is InChI=1S/C15H25N3OS/c1-5-7-13-16-11(2)14(20-13)15(19)18-9-6-8-12(10-18)17(3)4/h12H,5-10H2,1-4H3/t12-/m1/s1. The molecular weight excluding hydrogens is 270 g/mol. The van der Waals surface area contributed by atoms with E-state index in [2.05, 4.69) is 30.9 Å². The van der Waals surface area contributed by atoms with Crippen molar-refractivity contribution in [2.75, 3.05) is 27.2 Å². The van der Waals surface area contributed by atoms with Crippen LogP contribution in [0.15, 0.2) is 0 Å². The lowest BCUT2D eigenvalue weighted by Gasteiger charge is -2.36. The first-order chi connectivity index (χ1) is 9.52. The third-order valence-corrected chi connectivity index (χ3v) is 5.12. The van der Waals surface area contributed by atoms with Gasteiger partial charge in [0.25, 0.3) is 5.91 Å². The van der Waals surface area contributed by atoms with Gasteiger partial charge in [-0.2, -0.15) is 0 Å². The van der Waals surface area contributed by atoms with Crippen molar-refractivity contribution in [2.24, 2.45) is 0 Å². The number of carbonyl (C=O) groups excluding carboxylic acids is 1. The molecule has 2 rings (SSSR count). The van der Waals surface area contributed by atoms with E-state index in [9.17, 15) is 4.79 Å². The van der Waals surface area contributed by atoms with Gasteiger partial charge in [0, 0.05) is 19.1 Å². The Balaban J connectivity index is 2.10. The maximum Gasteiger partial charge on any atom is 0.265 e. The molecule has 5 heteroatoms. The molecular formula is C15H25N3OS. The van der Waals surface area contributed by atoms with Crippen LogP contribution in [0, 0.1) is 6.92 Å². The molecule has 1 aliphatic rings. The average molecular weight is 295 g/mol. The molecule has 1 fully saturated rings. The number of hydrogen-bond acceptors (Lipinski definition) is 4. The van der Waals surface area contributed by atoms with Crippen LogP contribution in [0.25, 0.3) is 0 Å². The molecule has 2 heterocycles. The van der Waals surface area contributed by atoms with Crippen LogP contribution in [-0.4, -0.2) is 53.9 Å². The lowest BCUT2D eigenvalue weighted by atomic mass is 10.0. The Morgan fingerprint density at radius 1 is 1.50 bits per heavy atom. The smallest absolute Gasteiger partial charge is 0.265 e. The number of piperidine rings is 1. The molecule has 20 heavy (non-hydrogen) atoms. The fourth-order valence-corrected chi connectivity index (χ4v) is 3.81. The van der Waals surface area contributed by atoms with Crippen molar-refractivity contribution >= 4 is 17.2 Å². The van der Waals surface area contributed by atoms with E-state index in [4.69, 9.17) is 0 Å². The van der Waals surface area contributed by atoms with E-state index in [0.29, 0.717) is 6.04 Å². The first kappa shape index (κ1) is 15.4. The first-order valence-electron chi connectivity index (χ1n) is 7.45. The number of rotatable bonds is 4. The molecule has 1 amide bonds. The number of amides is 1. The van der Waals surface area contributed by atoms with E-state index in [1.165, 1.54) is 6.42 Å². The van der Waals surface area contributed by atoms with Gasteiger partial charge in [0.15, 0.2) is 0 Å². The van der Waals surface area contributed by atoms with E-state index < -0.39 is 0 Å². The second kappa shape index (κ2) is 6.68. The second-order valence-corrected chi connectivity index (χ2v) is 6.87. The summed E-state index contributed by atoms with van der Waals surface area (Å²) >= 11 is 1.58. The fourth-order valence-electron chi connectivity index (χ4n) is 2.68. The summed E-state index contributed by atoms with van der Waals surface area (Å²) in [6, 6.07) is 0.482. The molecule has 0 bridgehead atoms. The van der Waals surface area contributed by atoms with Gasteiger partial charge in [-0.05, 0) is 46.7 Å². The third-order valence-electron chi connectivity index (χ3n) is 3.91. The number of carbonyl (C=O) groups is 1. The van der Waals surface area contributed by atoms with Gasteiger partial charge >= 0.3 is 0 Å². The maximum atomic E-state index is 12.7. The highest BCUT2D eigenvalue weighted by molar-refractivity contribution is 7.13. The summed E-state index contributed by atoms with van der Waals surface area (Å²) in [5, 5.41) is 1.09. The van der Waals surface area contributed by atoms with Crippen molar-refractivity contribution in [1.29, 1.82) is 0 Å². The van der Waals surface area contributed by atoms with Crippen molar-refractivity contribution in [3.05, 3.63) is 15.6 Å². The largest absolute Gasteiger partial charge is 0.336 e. The predicted octanol–water partition coefficient (Wildman–Crippen LogP) is 2.57. The van der Waals surface area contributed by atoms with Crippen molar-refractivity contribution in [3.8, 4) is 0 Å². The fraction of sp³-hybridized carbons (Fsp3) is 0.733. The van der Waals surface area contributed by atoms with E-state index in [-0.39, 0.29) is 5.91 Å². The summed E-state index contributed by atoms with van der Waals surface area (Å²) in [6.07, 6.45) is 4.32. The SMILES string of the molecule is CCCc1nc(C)c(C(=O)N2CCC[C@@H](N(C)C)C2)s1. The molecule has 1 aliphatic heterocycles. The number of aromatic nitrogens is 1. The summed E-state index contributed by atoms with van der Waals surface area (Å²) in [5.41, 5.74) is 0.899. The van der Waals surface area contributed by atoms with Crippen LogP contribution in [0.1, 0.15) is 46.6 Å². The molecule has 4 nitrogen and oxygen atoms in total. The molecule has 0 aliphatic carbocycles. The van der Waals surface area contributed by atoms with Gasteiger partial charge in [0.1, 0.15) is 4.88 Å². The van der Waals surface area contributed by atoms with Crippen molar-refractivity contribution in [2.45, 2.75) is 45.6 Å². The van der Waals surface area contributed by atoms with E-state index in [0.717, 1.165) is 47.9 Å². The highest BCUT2D eigenvalue weighted by Gasteiger charge is 2.27. The summed E-state index contributed by atoms with van der Waals surface area (Å²) in [4.78, 5) is 22.3. The van der Waals surface area contributed by atoms with Crippen LogP contribution in [0.2, 0.25) is 0 Å². The lowest BCUT2D eigenvalue weighted by Crippen LogP contribution is -2.47. The van der Waals surface area contributed by atoms with Crippen LogP contribution in [-0.2, 0) is 6.42 Å². The van der Waals surface area contributed by atoms with Crippen LogP contribution >= 0.6 is 11.3 Å². The van der Waals surface area contributed by atoms with Crippen LogP contribution < -0.4 is 0 Å². The van der Waals surface area contributed by atoms with E-state index in [1.54, 1.807) is 11.3 Å². The Kier molecular flexibility index (Phi) is 5.16. The molecule has 112 valence electrons. The third kappa shape index (κ3) is 3.38. The molecule has 0 unspecified atom stereocenters. The summed E-state index contributed by atoms with van der Waals surface area (Å²) < 4.78 is 0. The molecule has 0 radical (unpaired) electrons. The van der Waals surface area contributed by atoms with E-state index >= 15 is 0 Å². The summed E-state index contributed by atoms with van der Waals surface area (Å²) in [5.74, 6) is 0.175. The Morgan fingerprint density at radius 3 is 2.90 bits per heavy atom. The van der Waals surface area contributed by atoms with Gasteiger partial charge in [-0.3, -0.25) is 4.79 Å². The minimum Gasteiger partial charge on any atom is -0.336 e. The van der Waals surface area contributed by atoms with Crippen molar-refractivity contribution in [3.63, 3.8) is 0 Å². The van der Waals surface area contributed by atoms with Gasteiger partial charge in [-0.25, -0.2) is 4.98 Å². The minimum atomic E-state index is 0.175. The lowest BCUT2D eigenvalue weighted by molar-refractivity contribution is 0.0639. The maximum absolute atomic E-state index is 12.7. The summed E-state index contributed by atoms with van der Waals surface area (Å²) in [7, 11) is 4.19. The van der Waals surface area contributed by atoms with Gasteiger partial charge in [-0.1, -0.05) is 6.92 Å². The Bertz CT molecular complexity index is 470. The Morgan fingerprint density at radius 2 is 2.25 bits per heavy atom. The van der Waals surface area contributed by atoms with Crippen molar-refractivity contribution < 1.29 is 4.79 Å². The number of thiazole rings is 1. The molecule has 1 saturated heterocycles. The quantitative estimate of drug-likeness (QED) is 0.856. The first-order valence-corrected chi connectivity index (χ1v) is 8.26.